The van der Waals surface area contributed by atoms with Gasteiger partial charge in [0.25, 0.3) is 5.91 Å². The molecular formula is C14H14BrN3O. The predicted molar refractivity (Wildman–Crippen MR) is 80.6 cm³/mol. The van der Waals surface area contributed by atoms with Crippen LogP contribution in [0.1, 0.15) is 15.9 Å². The minimum Gasteiger partial charge on any atom is -0.372 e. The molecule has 0 radical (unpaired) electrons. The summed E-state index contributed by atoms with van der Waals surface area (Å²) in [6.07, 6.45) is 1.64. The Bertz CT molecular complexity index is 613. The Morgan fingerprint density at radius 1 is 1.32 bits per heavy atom. The number of aryl methyl sites for hydroxylation is 1. The van der Waals surface area contributed by atoms with Gasteiger partial charge in [0, 0.05) is 17.7 Å². The number of hydrogen-bond donors (Lipinski definition) is 2. The van der Waals surface area contributed by atoms with E-state index < -0.39 is 0 Å². The highest BCUT2D eigenvalue weighted by molar-refractivity contribution is 9.10. The Morgan fingerprint density at radius 3 is 2.79 bits per heavy atom. The Hall–Kier alpha value is -1.88. The zero-order valence-electron chi connectivity index (χ0n) is 10.7. The first kappa shape index (κ1) is 13.5. The van der Waals surface area contributed by atoms with Crippen molar-refractivity contribution in [2.45, 2.75) is 6.92 Å². The molecule has 98 valence electrons. The van der Waals surface area contributed by atoms with Gasteiger partial charge in [-0.25, -0.2) is 4.98 Å². The lowest BCUT2D eigenvalue weighted by Gasteiger charge is -2.10. The molecule has 0 unspecified atom stereocenters. The number of carbonyl (C=O) groups is 1. The van der Waals surface area contributed by atoms with E-state index in [0.717, 1.165) is 15.7 Å². The van der Waals surface area contributed by atoms with E-state index in [9.17, 15) is 4.79 Å². The molecule has 0 fully saturated rings. The fraction of sp³-hybridized carbons (Fsp3) is 0.143. The molecule has 0 aliphatic rings. The second kappa shape index (κ2) is 5.84. The van der Waals surface area contributed by atoms with Gasteiger partial charge in [0.05, 0.1) is 11.3 Å². The third-order valence-corrected chi connectivity index (χ3v) is 3.32. The van der Waals surface area contributed by atoms with Gasteiger partial charge < -0.3 is 10.6 Å². The summed E-state index contributed by atoms with van der Waals surface area (Å²) in [7, 11) is 1.74. The summed E-state index contributed by atoms with van der Waals surface area (Å²) in [5.41, 5.74) is 2.38. The first-order valence-corrected chi connectivity index (χ1v) is 6.61. The number of carbonyl (C=O) groups excluding carboxylic acids is 1. The third-order valence-electron chi connectivity index (χ3n) is 2.66. The molecule has 0 aliphatic carbocycles. The molecule has 0 bridgehead atoms. The van der Waals surface area contributed by atoms with Crippen LogP contribution in [0.5, 0.6) is 0 Å². The smallest absolute Gasteiger partial charge is 0.259 e. The van der Waals surface area contributed by atoms with E-state index >= 15 is 0 Å². The molecule has 1 aromatic heterocycles. The number of hydrogen-bond acceptors (Lipinski definition) is 3. The van der Waals surface area contributed by atoms with Crippen molar-refractivity contribution < 1.29 is 4.79 Å². The lowest BCUT2D eigenvalue weighted by Crippen LogP contribution is -2.15. The maximum absolute atomic E-state index is 12.2. The highest BCUT2D eigenvalue weighted by Gasteiger charge is 2.12. The number of nitrogens with zero attached hydrogens (tertiary/aromatic N) is 1. The van der Waals surface area contributed by atoms with Crippen LogP contribution in [-0.2, 0) is 0 Å². The van der Waals surface area contributed by atoms with Crippen LogP contribution in [-0.4, -0.2) is 17.9 Å². The largest absolute Gasteiger partial charge is 0.372 e. The van der Waals surface area contributed by atoms with Crippen molar-refractivity contribution in [2.24, 2.45) is 0 Å². The highest BCUT2D eigenvalue weighted by atomic mass is 79.9. The van der Waals surface area contributed by atoms with Crippen LogP contribution in [0, 0.1) is 6.92 Å². The quantitative estimate of drug-likeness (QED) is 0.911. The van der Waals surface area contributed by atoms with Gasteiger partial charge in [-0.2, -0.15) is 0 Å². The molecule has 0 spiro atoms. The minimum atomic E-state index is -0.193. The second-order valence-electron chi connectivity index (χ2n) is 4.09. The number of amides is 1. The van der Waals surface area contributed by atoms with Crippen LogP contribution < -0.4 is 10.6 Å². The minimum absolute atomic E-state index is 0.193. The zero-order valence-corrected chi connectivity index (χ0v) is 12.3. The molecule has 0 saturated heterocycles. The van der Waals surface area contributed by atoms with Crippen molar-refractivity contribution in [3.63, 3.8) is 0 Å². The van der Waals surface area contributed by atoms with Crippen LogP contribution in [0.4, 0.5) is 11.5 Å². The summed E-state index contributed by atoms with van der Waals surface area (Å²) in [4.78, 5) is 16.3. The van der Waals surface area contributed by atoms with Crippen molar-refractivity contribution in [2.75, 3.05) is 17.7 Å². The van der Waals surface area contributed by atoms with Crippen LogP contribution >= 0.6 is 15.9 Å². The molecule has 1 aromatic carbocycles. The van der Waals surface area contributed by atoms with Gasteiger partial charge in [0.2, 0.25) is 0 Å². The van der Waals surface area contributed by atoms with Gasteiger partial charge in [0.15, 0.2) is 0 Å². The van der Waals surface area contributed by atoms with Crippen LogP contribution in [0.2, 0.25) is 0 Å². The van der Waals surface area contributed by atoms with Gasteiger partial charge in [-0.3, -0.25) is 4.79 Å². The third kappa shape index (κ3) is 3.12. The Labute approximate surface area is 120 Å². The molecule has 0 saturated carbocycles. The topological polar surface area (TPSA) is 54.0 Å². The van der Waals surface area contributed by atoms with Crippen LogP contribution in [0.3, 0.4) is 0 Å². The number of pyridine rings is 1. The van der Waals surface area contributed by atoms with Gasteiger partial charge in [-0.05, 0) is 52.7 Å². The fourth-order valence-electron chi connectivity index (χ4n) is 1.70. The van der Waals surface area contributed by atoms with E-state index in [1.165, 1.54) is 0 Å². The van der Waals surface area contributed by atoms with Crippen LogP contribution in [0.25, 0.3) is 0 Å². The first-order chi connectivity index (χ1) is 9.11. The normalized spacial score (nSPS) is 10.1. The van der Waals surface area contributed by atoms with E-state index in [-0.39, 0.29) is 5.91 Å². The average molecular weight is 320 g/mol. The van der Waals surface area contributed by atoms with E-state index in [1.807, 2.05) is 25.1 Å². The number of anilines is 2. The standard InChI is InChI=1S/C14H14BrN3O/c1-9-5-6-12(11(15)8-9)18-14(19)10-4-3-7-17-13(10)16-2/h3-8H,1-2H3,(H,16,17)(H,18,19). The summed E-state index contributed by atoms with van der Waals surface area (Å²) in [5, 5.41) is 5.76. The summed E-state index contributed by atoms with van der Waals surface area (Å²) in [5.74, 6) is 0.366. The van der Waals surface area contributed by atoms with E-state index in [0.29, 0.717) is 11.4 Å². The zero-order chi connectivity index (χ0) is 13.8. The molecule has 0 atom stereocenters. The van der Waals surface area contributed by atoms with Gasteiger partial charge in [-0.15, -0.1) is 0 Å². The van der Waals surface area contributed by atoms with Gasteiger partial charge in [-0.1, -0.05) is 6.07 Å². The lowest BCUT2D eigenvalue weighted by molar-refractivity contribution is 0.102. The van der Waals surface area contributed by atoms with Crippen molar-refractivity contribution >= 4 is 33.3 Å². The van der Waals surface area contributed by atoms with Crippen molar-refractivity contribution in [1.82, 2.24) is 4.98 Å². The maximum Gasteiger partial charge on any atom is 0.259 e. The SMILES string of the molecule is CNc1ncccc1C(=O)Nc1ccc(C)cc1Br. The molecule has 2 aromatic rings. The van der Waals surface area contributed by atoms with Crippen LogP contribution in [0.15, 0.2) is 41.0 Å². The van der Waals surface area contributed by atoms with Gasteiger partial charge in [0.1, 0.15) is 5.82 Å². The average Bonchev–Trinajstić information content (AvgIpc) is 2.41. The van der Waals surface area contributed by atoms with Crippen molar-refractivity contribution in [3.05, 3.63) is 52.1 Å². The molecule has 5 heteroatoms. The predicted octanol–water partition coefficient (Wildman–Crippen LogP) is 3.45. The Balaban J connectivity index is 2.26. The van der Waals surface area contributed by atoms with Crippen molar-refractivity contribution in [3.8, 4) is 0 Å². The Kier molecular flexibility index (Phi) is 4.16. The Morgan fingerprint density at radius 2 is 2.11 bits per heavy atom. The van der Waals surface area contributed by atoms with E-state index in [1.54, 1.807) is 25.4 Å². The first-order valence-electron chi connectivity index (χ1n) is 5.82. The summed E-state index contributed by atoms with van der Waals surface area (Å²) >= 11 is 3.44. The summed E-state index contributed by atoms with van der Waals surface area (Å²) < 4.78 is 0.857. The summed E-state index contributed by atoms with van der Waals surface area (Å²) in [6.45, 7) is 2.00. The maximum atomic E-state index is 12.2. The highest BCUT2D eigenvalue weighted by Crippen LogP contribution is 2.24. The molecule has 1 heterocycles. The number of rotatable bonds is 3. The molecular weight excluding hydrogens is 306 g/mol. The van der Waals surface area contributed by atoms with Gasteiger partial charge >= 0.3 is 0 Å². The number of aromatic nitrogens is 1. The summed E-state index contributed by atoms with van der Waals surface area (Å²) in [6, 6.07) is 9.24. The van der Waals surface area contributed by atoms with Crippen molar-refractivity contribution in [1.29, 1.82) is 0 Å². The fourth-order valence-corrected chi connectivity index (χ4v) is 2.29. The number of nitrogens with one attached hydrogen (secondary N) is 2. The molecule has 4 nitrogen and oxygen atoms in total. The molecule has 2 N–H and O–H groups in total. The molecule has 19 heavy (non-hydrogen) atoms. The van der Waals surface area contributed by atoms with E-state index in [2.05, 4.69) is 31.5 Å². The molecule has 0 aliphatic heterocycles. The molecule has 2 rings (SSSR count). The lowest BCUT2D eigenvalue weighted by atomic mass is 10.2. The molecule has 1 amide bonds. The monoisotopic (exact) mass is 319 g/mol. The number of benzene rings is 1. The second-order valence-corrected chi connectivity index (χ2v) is 4.94. The van der Waals surface area contributed by atoms with E-state index in [4.69, 9.17) is 0 Å². The number of halogens is 1.